The van der Waals surface area contributed by atoms with Gasteiger partial charge in [0.15, 0.2) is 0 Å². The Balaban J connectivity index is 2.34. The minimum atomic E-state index is -2.67. The minimum absolute atomic E-state index is 0.151. The number of carbonyl (C=O) groups is 2. The Morgan fingerprint density at radius 1 is 1.00 bits per heavy atom. The fraction of sp³-hybridized carbons (Fsp3) is 0.467. The van der Waals surface area contributed by atoms with Crippen molar-refractivity contribution >= 4 is 17.6 Å². The topological polar surface area (TPSA) is 55.8 Å². The third kappa shape index (κ3) is 3.52. The first kappa shape index (κ1) is 16.2. The summed E-state index contributed by atoms with van der Waals surface area (Å²) < 4.78 is 35.8. The zero-order chi connectivity index (χ0) is 16.3. The van der Waals surface area contributed by atoms with Crippen molar-refractivity contribution in [2.75, 3.05) is 32.2 Å². The van der Waals surface area contributed by atoms with Crippen molar-refractivity contribution in [3.05, 3.63) is 29.3 Å². The summed E-state index contributed by atoms with van der Waals surface area (Å²) in [6, 6.07) is 4.42. The highest BCUT2D eigenvalue weighted by Crippen LogP contribution is 2.31. The van der Waals surface area contributed by atoms with E-state index < -0.39 is 17.9 Å². The fourth-order valence-electron chi connectivity index (χ4n) is 2.36. The van der Waals surface area contributed by atoms with E-state index in [9.17, 15) is 18.4 Å². The molecule has 0 atom stereocenters. The summed E-state index contributed by atoms with van der Waals surface area (Å²) in [6.07, 6.45) is -0.522. The number of hydrogen-bond donors (Lipinski definition) is 0. The molecule has 0 radical (unpaired) electrons. The van der Waals surface area contributed by atoms with Gasteiger partial charge < -0.3 is 14.4 Å². The summed E-state index contributed by atoms with van der Waals surface area (Å²) in [5.74, 6) is -3.87. The maximum Gasteiger partial charge on any atom is 0.337 e. The third-order valence-corrected chi connectivity index (χ3v) is 3.62. The van der Waals surface area contributed by atoms with Crippen molar-refractivity contribution < 1.29 is 27.8 Å². The highest BCUT2D eigenvalue weighted by molar-refractivity contribution is 5.97. The molecule has 0 spiro atoms. The largest absolute Gasteiger partial charge is 0.465 e. The van der Waals surface area contributed by atoms with E-state index in [1.165, 1.54) is 32.4 Å². The highest BCUT2D eigenvalue weighted by atomic mass is 19.3. The van der Waals surface area contributed by atoms with Gasteiger partial charge in [0.2, 0.25) is 0 Å². The van der Waals surface area contributed by atoms with Crippen molar-refractivity contribution in [1.82, 2.24) is 0 Å². The number of methoxy groups -OCH3 is 2. The van der Waals surface area contributed by atoms with Gasteiger partial charge in [0.1, 0.15) is 0 Å². The predicted molar refractivity (Wildman–Crippen MR) is 75.5 cm³/mol. The van der Waals surface area contributed by atoms with Crippen LogP contribution in [0.5, 0.6) is 0 Å². The van der Waals surface area contributed by atoms with Gasteiger partial charge in [0.25, 0.3) is 5.92 Å². The molecule has 1 aromatic rings. The SMILES string of the molecule is COC(=O)c1cc(C(=O)OC)cc(N2CCC(F)(F)CC2)c1. The maximum absolute atomic E-state index is 13.2. The molecule has 0 aliphatic carbocycles. The van der Waals surface area contributed by atoms with Crippen LogP contribution in [0.25, 0.3) is 0 Å². The number of piperidine rings is 1. The van der Waals surface area contributed by atoms with E-state index in [0.717, 1.165) is 0 Å². The van der Waals surface area contributed by atoms with E-state index in [1.54, 1.807) is 4.90 Å². The first-order valence-corrected chi connectivity index (χ1v) is 6.81. The number of ether oxygens (including phenoxy) is 2. The lowest BCUT2D eigenvalue weighted by Crippen LogP contribution is -2.39. The number of anilines is 1. The van der Waals surface area contributed by atoms with E-state index in [0.29, 0.717) is 5.69 Å². The number of hydrogen-bond acceptors (Lipinski definition) is 5. The lowest BCUT2D eigenvalue weighted by molar-refractivity contribution is -0.0220. The molecule has 7 heteroatoms. The molecule has 0 unspecified atom stereocenters. The summed E-state index contributed by atoms with van der Waals surface area (Å²) in [7, 11) is 2.46. The molecule has 1 aliphatic rings. The van der Waals surface area contributed by atoms with Crippen molar-refractivity contribution in [1.29, 1.82) is 0 Å². The normalized spacial score (nSPS) is 17.0. The van der Waals surface area contributed by atoms with Gasteiger partial charge in [-0.15, -0.1) is 0 Å². The lowest BCUT2D eigenvalue weighted by Gasteiger charge is -2.33. The minimum Gasteiger partial charge on any atom is -0.465 e. The summed E-state index contributed by atoms with van der Waals surface area (Å²) in [6.45, 7) is 0.302. The second kappa shape index (κ2) is 6.29. The van der Waals surface area contributed by atoms with Crippen LogP contribution in [0.2, 0.25) is 0 Å². The van der Waals surface area contributed by atoms with Crippen LogP contribution >= 0.6 is 0 Å². The molecule has 0 bridgehead atoms. The summed E-state index contributed by atoms with van der Waals surface area (Å²) in [4.78, 5) is 25.1. The van der Waals surface area contributed by atoms with Crippen LogP contribution in [-0.4, -0.2) is 45.2 Å². The van der Waals surface area contributed by atoms with Crippen molar-refractivity contribution in [2.45, 2.75) is 18.8 Å². The molecule has 2 rings (SSSR count). The average Bonchev–Trinajstić information content (AvgIpc) is 2.52. The van der Waals surface area contributed by atoms with Gasteiger partial charge in [-0.2, -0.15) is 0 Å². The van der Waals surface area contributed by atoms with Gasteiger partial charge in [-0.25, -0.2) is 18.4 Å². The predicted octanol–water partition coefficient (Wildman–Crippen LogP) is 2.50. The van der Waals surface area contributed by atoms with Crippen LogP contribution in [0.15, 0.2) is 18.2 Å². The molecule has 22 heavy (non-hydrogen) atoms. The van der Waals surface area contributed by atoms with Crippen molar-refractivity contribution in [3.8, 4) is 0 Å². The quantitative estimate of drug-likeness (QED) is 0.803. The monoisotopic (exact) mass is 313 g/mol. The second-order valence-corrected chi connectivity index (χ2v) is 5.09. The van der Waals surface area contributed by atoms with Gasteiger partial charge >= 0.3 is 11.9 Å². The smallest absolute Gasteiger partial charge is 0.337 e. The fourth-order valence-corrected chi connectivity index (χ4v) is 2.36. The third-order valence-electron chi connectivity index (χ3n) is 3.62. The van der Waals surface area contributed by atoms with Gasteiger partial charge in [-0.3, -0.25) is 0 Å². The molecule has 0 N–H and O–H groups in total. The molecular formula is C15H17F2NO4. The average molecular weight is 313 g/mol. The van der Waals surface area contributed by atoms with E-state index >= 15 is 0 Å². The van der Waals surface area contributed by atoms with Crippen LogP contribution < -0.4 is 4.90 Å². The first-order chi connectivity index (χ1) is 10.4. The van der Waals surface area contributed by atoms with E-state index in [1.807, 2.05) is 0 Å². The first-order valence-electron chi connectivity index (χ1n) is 6.81. The highest BCUT2D eigenvalue weighted by Gasteiger charge is 2.34. The number of alkyl halides is 2. The van der Waals surface area contributed by atoms with E-state index in [2.05, 4.69) is 9.47 Å². The molecule has 1 heterocycles. The number of rotatable bonds is 3. The molecule has 0 amide bonds. The Bertz CT molecular complexity index is 545. The molecule has 1 aliphatic heterocycles. The van der Waals surface area contributed by atoms with Crippen LogP contribution in [-0.2, 0) is 9.47 Å². The van der Waals surface area contributed by atoms with Crippen LogP contribution in [0, 0.1) is 0 Å². The number of benzene rings is 1. The summed E-state index contributed by atoms with van der Waals surface area (Å²) >= 11 is 0. The zero-order valence-corrected chi connectivity index (χ0v) is 12.4. The maximum atomic E-state index is 13.2. The summed E-state index contributed by atoms with van der Waals surface area (Å²) in [5, 5.41) is 0. The lowest BCUT2D eigenvalue weighted by atomic mass is 10.0. The van der Waals surface area contributed by atoms with E-state index in [4.69, 9.17) is 0 Å². The zero-order valence-electron chi connectivity index (χ0n) is 12.4. The van der Waals surface area contributed by atoms with Gasteiger partial charge in [-0.05, 0) is 18.2 Å². The van der Waals surface area contributed by atoms with Gasteiger partial charge in [-0.1, -0.05) is 0 Å². The Morgan fingerprint density at radius 3 is 1.86 bits per heavy atom. The molecule has 1 aromatic carbocycles. The van der Waals surface area contributed by atoms with Crippen LogP contribution in [0.4, 0.5) is 14.5 Å². The molecule has 1 fully saturated rings. The molecule has 120 valence electrons. The number of esters is 2. The number of halogens is 2. The summed E-state index contributed by atoms with van der Waals surface area (Å²) in [5.41, 5.74) is 0.884. The molecule has 1 saturated heterocycles. The Kier molecular flexibility index (Phi) is 4.63. The van der Waals surface area contributed by atoms with E-state index in [-0.39, 0.29) is 37.1 Å². The van der Waals surface area contributed by atoms with Crippen molar-refractivity contribution in [2.24, 2.45) is 0 Å². The molecule has 5 nitrogen and oxygen atoms in total. The Morgan fingerprint density at radius 2 is 1.45 bits per heavy atom. The second-order valence-electron chi connectivity index (χ2n) is 5.09. The molecule has 0 saturated carbocycles. The molecule has 0 aromatic heterocycles. The Hall–Kier alpha value is -2.18. The van der Waals surface area contributed by atoms with Gasteiger partial charge in [0, 0.05) is 31.6 Å². The molecular weight excluding hydrogens is 296 g/mol. The number of nitrogens with zero attached hydrogens (tertiary/aromatic N) is 1. The Labute approximate surface area is 126 Å². The standard InChI is InChI=1S/C15H17F2NO4/c1-21-13(19)10-7-11(14(20)22-2)9-12(8-10)18-5-3-15(16,17)4-6-18/h7-9H,3-6H2,1-2H3. The van der Waals surface area contributed by atoms with Crippen LogP contribution in [0.1, 0.15) is 33.6 Å². The van der Waals surface area contributed by atoms with Crippen molar-refractivity contribution in [3.63, 3.8) is 0 Å². The van der Waals surface area contributed by atoms with Crippen LogP contribution in [0.3, 0.4) is 0 Å². The van der Waals surface area contributed by atoms with Gasteiger partial charge in [0.05, 0.1) is 25.3 Å². The number of carbonyl (C=O) groups excluding carboxylic acids is 2.